The zero-order chi connectivity index (χ0) is 18.1. The molecule has 10 nitrogen and oxygen atoms in total. The molecule has 0 aliphatic carbocycles. The molecule has 0 bridgehead atoms. The average molecular weight is 354 g/mol. The minimum atomic E-state index is -0.168. The average Bonchev–Trinajstić information content (AvgIpc) is 3.28. The molecular weight excluding hydrogens is 336 g/mol. The van der Waals surface area contributed by atoms with Gasteiger partial charge in [-0.3, -0.25) is 4.79 Å². The van der Waals surface area contributed by atoms with Crippen LogP contribution in [0.4, 0.5) is 5.82 Å². The Morgan fingerprint density at radius 1 is 1.12 bits per heavy atom. The van der Waals surface area contributed by atoms with Gasteiger partial charge in [0.15, 0.2) is 5.69 Å². The monoisotopic (exact) mass is 354 g/mol. The van der Waals surface area contributed by atoms with Gasteiger partial charge >= 0.3 is 0 Å². The van der Waals surface area contributed by atoms with Crippen LogP contribution in [0, 0.1) is 0 Å². The molecule has 0 saturated carbocycles. The summed E-state index contributed by atoms with van der Waals surface area (Å²) in [5.41, 5.74) is 7.35. The molecule has 26 heavy (non-hydrogen) atoms. The minimum absolute atomic E-state index is 0.0747. The first-order valence-electron chi connectivity index (χ1n) is 8.22. The zero-order valence-electron chi connectivity index (χ0n) is 14.2. The molecule has 10 heteroatoms. The molecule has 0 atom stereocenters. The van der Waals surface area contributed by atoms with Gasteiger partial charge in [0, 0.05) is 31.7 Å². The van der Waals surface area contributed by atoms with Gasteiger partial charge in [-0.25, -0.2) is 4.63 Å². The van der Waals surface area contributed by atoms with E-state index in [4.69, 9.17) is 5.73 Å². The topological polar surface area (TPSA) is 119 Å². The number of carbonyl (C=O) groups is 1. The molecule has 1 aromatic carbocycles. The number of likely N-dealkylation sites (N-methyl/N-ethyl adjacent to an activating group) is 1. The van der Waals surface area contributed by atoms with Crippen LogP contribution in [-0.4, -0.2) is 74.2 Å². The fourth-order valence-electron chi connectivity index (χ4n) is 2.93. The highest BCUT2D eigenvalue weighted by Crippen LogP contribution is 2.27. The molecule has 134 valence electrons. The van der Waals surface area contributed by atoms with Crippen LogP contribution in [0.2, 0.25) is 0 Å². The van der Waals surface area contributed by atoms with Crippen molar-refractivity contribution in [2.45, 2.75) is 0 Å². The van der Waals surface area contributed by atoms with Crippen molar-refractivity contribution in [1.82, 2.24) is 35.1 Å². The van der Waals surface area contributed by atoms with E-state index in [1.807, 2.05) is 37.4 Å². The number of benzene rings is 1. The maximum atomic E-state index is 13.1. The third-order valence-electron chi connectivity index (χ3n) is 4.41. The summed E-state index contributed by atoms with van der Waals surface area (Å²) in [6.45, 7) is 2.93. The normalized spacial score (nSPS) is 15.3. The largest absolute Gasteiger partial charge is 0.378 e. The number of piperazine rings is 1. The number of hydrogen-bond acceptors (Lipinski definition) is 8. The van der Waals surface area contributed by atoms with Gasteiger partial charge in [-0.15, -0.1) is 5.10 Å². The Morgan fingerprint density at radius 3 is 2.50 bits per heavy atom. The lowest BCUT2D eigenvalue weighted by Crippen LogP contribution is -2.47. The van der Waals surface area contributed by atoms with Gasteiger partial charge in [0.05, 0.1) is 0 Å². The number of nitrogens with two attached hydrogens (primary N) is 1. The molecule has 1 fully saturated rings. The van der Waals surface area contributed by atoms with Crippen LogP contribution < -0.4 is 5.73 Å². The SMILES string of the molecule is CN1CCN(C(=O)c2nnn(-c3nonc3N)c2-c2ccccc2)CC1. The predicted molar refractivity (Wildman–Crippen MR) is 92.5 cm³/mol. The third-order valence-corrected chi connectivity index (χ3v) is 4.41. The Bertz CT molecular complexity index is 911. The van der Waals surface area contributed by atoms with Crippen molar-refractivity contribution in [2.75, 3.05) is 39.0 Å². The number of hydrogen-bond donors (Lipinski definition) is 1. The van der Waals surface area contributed by atoms with Gasteiger partial charge in [-0.05, 0) is 17.4 Å². The fourth-order valence-corrected chi connectivity index (χ4v) is 2.93. The molecule has 1 aliphatic rings. The number of nitrogen functional groups attached to an aromatic ring is 1. The van der Waals surface area contributed by atoms with Crippen LogP contribution in [0.15, 0.2) is 35.0 Å². The molecule has 0 radical (unpaired) electrons. The summed E-state index contributed by atoms with van der Waals surface area (Å²) >= 11 is 0. The molecule has 4 rings (SSSR count). The van der Waals surface area contributed by atoms with E-state index in [-0.39, 0.29) is 23.2 Å². The van der Waals surface area contributed by atoms with E-state index < -0.39 is 0 Å². The summed E-state index contributed by atoms with van der Waals surface area (Å²) in [7, 11) is 2.04. The molecule has 3 aromatic rings. The Balaban J connectivity index is 1.79. The number of anilines is 1. The number of carbonyl (C=O) groups excluding carboxylic acids is 1. The van der Waals surface area contributed by atoms with Crippen molar-refractivity contribution in [3.05, 3.63) is 36.0 Å². The minimum Gasteiger partial charge on any atom is -0.378 e. The van der Waals surface area contributed by atoms with Crippen LogP contribution >= 0.6 is 0 Å². The van der Waals surface area contributed by atoms with E-state index in [0.717, 1.165) is 18.7 Å². The van der Waals surface area contributed by atoms with Crippen LogP contribution in [0.3, 0.4) is 0 Å². The molecular formula is C16H18N8O2. The highest BCUT2D eigenvalue weighted by molar-refractivity contribution is 5.98. The number of amides is 1. The Kier molecular flexibility index (Phi) is 4.09. The molecule has 1 aliphatic heterocycles. The Labute approximate surface area is 149 Å². The van der Waals surface area contributed by atoms with Gasteiger partial charge in [-0.2, -0.15) is 4.68 Å². The Hall–Kier alpha value is -3.27. The Morgan fingerprint density at radius 2 is 1.85 bits per heavy atom. The number of aromatic nitrogens is 5. The van der Waals surface area contributed by atoms with E-state index in [0.29, 0.717) is 18.8 Å². The number of rotatable bonds is 3. The first-order valence-corrected chi connectivity index (χ1v) is 8.22. The van der Waals surface area contributed by atoms with Gasteiger partial charge in [0.2, 0.25) is 11.6 Å². The molecule has 3 heterocycles. The van der Waals surface area contributed by atoms with E-state index in [9.17, 15) is 4.79 Å². The summed E-state index contributed by atoms with van der Waals surface area (Å²) in [4.78, 5) is 17.0. The maximum absolute atomic E-state index is 13.1. The van der Waals surface area contributed by atoms with Crippen molar-refractivity contribution < 1.29 is 9.42 Å². The summed E-state index contributed by atoms with van der Waals surface area (Å²) in [6, 6.07) is 9.40. The first kappa shape index (κ1) is 16.2. The van der Waals surface area contributed by atoms with Crippen molar-refractivity contribution in [1.29, 1.82) is 0 Å². The van der Waals surface area contributed by atoms with Crippen LogP contribution in [0.1, 0.15) is 10.5 Å². The van der Waals surface area contributed by atoms with Gasteiger partial charge in [0.25, 0.3) is 5.91 Å². The second kappa shape index (κ2) is 6.56. The van der Waals surface area contributed by atoms with Gasteiger partial charge in [0.1, 0.15) is 5.69 Å². The second-order valence-electron chi connectivity index (χ2n) is 6.13. The second-order valence-corrected chi connectivity index (χ2v) is 6.13. The van der Waals surface area contributed by atoms with Crippen LogP contribution in [0.25, 0.3) is 17.1 Å². The lowest BCUT2D eigenvalue weighted by molar-refractivity contribution is 0.0659. The van der Waals surface area contributed by atoms with Crippen molar-refractivity contribution in [2.24, 2.45) is 0 Å². The quantitative estimate of drug-likeness (QED) is 0.713. The maximum Gasteiger partial charge on any atom is 0.276 e. The standard InChI is InChI=1S/C16H18N8O2/c1-22-7-9-23(10-8-22)16(25)12-13(11-5-3-2-4-6-11)24(21-18-12)15-14(17)19-26-20-15/h2-6H,7-10H2,1H3,(H2,17,19). The van der Waals surface area contributed by atoms with E-state index in [1.54, 1.807) is 4.90 Å². The smallest absolute Gasteiger partial charge is 0.276 e. The van der Waals surface area contributed by atoms with Crippen molar-refractivity contribution >= 4 is 11.7 Å². The van der Waals surface area contributed by atoms with Crippen molar-refractivity contribution in [3.63, 3.8) is 0 Å². The van der Waals surface area contributed by atoms with E-state index >= 15 is 0 Å². The lowest BCUT2D eigenvalue weighted by atomic mass is 10.1. The van der Waals surface area contributed by atoms with Gasteiger partial charge < -0.3 is 15.5 Å². The summed E-state index contributed by atoms with van der Waals surface area (Å²) < 4.78 is 6.07. The fraction of sp³-hybridized carbons (Fsp3) is 0.312. The molecule has 0 spiro atoms. The van der Waals surface area contributed by atoms with Gasteiger partial charge in [-0.1, -0.05) is 35.5 Å². The predicted octanol–water partition coefficient (Wildman–Crippen LogP) is 0.287. The molecule has 1 saturated heterocycles. The van der Waals surface area contributed by atoms with Crippen LogP contribution in [0.5, 0.6) is 0 Å². The molecule has 0 unspecified atom stereocenters. The number of nitrogens with zero attached hydrogens (tertiary/aromatic N) is 7. The summed E-state index contributed by atoms with van der Waals surface area (Å²) in [5, 5.41) is 15.6. The molecule has 2 aromatic heterocycles. The van der Waals surface area contributed by atoms with E-state index in [2.05, 4.69) is 30.2 Å². The van der Waals surface area contributed by atoms with Crippen molar-refractivity contribution in [3.8, 4) is 17.1 Å². The zero-order valence-corrected chi connectivity index (χ0v) is 14.2. The lowest BCUT2D eigenvalue weighted by Gasteiger charge is -2.32. The van der Waals surface area contributed by atoms with Crippen LogP contribution in [-0.2, 0) is 0 Å². The summed E-state index contributed by atoms with van der Waals surface area (Å²) in [5.74, 6) is 0.109. The van der Waals surface area contributed by atoms with E-state index in [1.165, 1.54) is 4.68 Å². The first-order chi connectivity index (χ1) is 12.6. The highest BCUT2D eigenvalue weighted by Gasteiger charge is 2.29. The molecule has 1 amide bonds. The highest BCUT2D eigenvalue weighted by atomic mass is 16.6. The third kappa shape index (κ3) is 2.80. The molecule has 2 N–H and O–H groups in total. The summed E-state index contributed by atoms with van der Waals surface area (Å²) in [6.07, 6.45) is 0.